The van der Waals surface area contributed by atoms with Crippen molar-refractivity contribution < 1.29 is 24.5 Å². The third-order valence-electron chi connectivity index (χ3n) is 5.76. The van der Waals surface area contributed by atoms with Crippen molar-refractivity contribution >= 4 is 22.6 Å². The summed E-state index contributed by atoms with van der Waals surface area (Å²) >= 11 is 0. The van der Waals surface area contributed by atoms with Crippen LogP contribution in [0.15, 0.2) is 11.0 Å². The zero-order valence-electron chi connectivity index (χ0n) is 14.9. The van der Waals surface area contributed by atoms with Crippen molar-refractivity contribution in [3.05, 3.63) is 33.4 Å². The molecule has 2 aromatic rings. The first-order chi connectivity index (χ1) is 12.8. The number of piperidine rings is 1. The molecule has 3 heterocycles. The zero-order chi connectivity index (χ0) is 19.5. The van der Waals surface area contributed by atoms with Gasteiger partial charge in [-0.3, -0.25) is 4.79 Å². The maximum atomic E-state index is 15.2. The van der Waals surface area contributed by atoms with Crippen LogP contribution in [0.25, 0.3) is 10.9 Å². The molecule has 2 aliphatic heterocycles. The number of halogens is 1. The number of aliphatic hydroxyl groups is 1. The minimum atomic E-state index is -1.40. The highest BCUT2D eigenvalue weighted by molar-refractivity contribution is 5.98. The number of aromatic hydroxyl groups is 1. The Kier molecular flexibility index (Phi) is 4.10. The number of carboxylic acids is 1. The normalized spacial score (nSPS) is 20.3. The second-order valence-corrected chi connectivity index (χ2v) is 7.40. The van der Waals surface area contributed by atoms with Gasteiger partial charge in [0.2, 0.25) is 5.43 Å². The van der Waals surface area contributed by atoms with E-state index in [-0.39, 0.29) is 17.1 Å². The molecule has 0 radical (unpaired) electrons. The third kappa shape index (κ3) is 2.58. The third-order valence-corrected chi connectivity index (χ3v) is 5.76. The molecule has 4 rings (SSSR count). The summed E-state index contributed by atoms with van der Waals surface area (Å²) in [5.74, 6) is -3.10. The molecule has 1 atom stereocenters. The lowest BCUT2D eigenvalue weighted by Crippen LogP contribution is -2.37. The molecule has 144 valence electrons. The summed E-state index contributed by atoms with van der Waals surface area (Å²) in [4.78, 5) is 25.9. The molecule has 0 spiro atoms. The summed E-state index contributed by atoms with van der Waals surface area (Å²) in [5, 5.41) is 29.3. The molecule has 1 aromatic heterocycles. The summed E-state index contributed by atoms with van der Waals surface area (Å²) in [7, 11) is 0. The van der Waals surface area contributed by atoms with Gasteiger partial charge in [0.25, 0.3) is 0 Å². The highest BCUT2D eigenvalue weighted by Gasteiger charge is 2.32. The largest absolute Gasteiger partial charge is 0.504 e. The van der Waals surface area contributed by atoms with Crippen molar-refractivity contribution in [1.29, 1.82) is 0 Å². The lowest BCUT2D eigenvalue weighted by Gasteiger charge is -2.36. The molecule has 1 unspecified atom stereocenters. The summed E-state index contributed by atoms with van der Waals surface area (Å²) in [6.07, 6.45) is 3.05. The molecule has 27 heavy (non-hydrogen) atoms. The van der Waals surface area contributed by atoms with Gasteiger partial charge in [-0.15, -0.1) is 0 Å². The Labute approximate surface area is 154 Å². The number of carbonyl (C=O) groups is 1. The zero-order valence-corrected chi connectivity index (χ0v) is 14.9. The van der Waals surface area contributed by atoms with Crippen molar-refractivity contribution in [2.45, 2.75) is 44.8 Å². The van der Waals surface area contributed by atoms with Crippen LogP contribution in [-0.2, 0) is 6.42 Å². The summed E-state index contributed by atoms with van der Waals surface area (Å²) < 4.78 is 16.8. The van der Waals surface area contributed by atoms with Gasteiger partial charge in [-0.1, -0.05) is 0 Å². The Hall–Kier alpha value is -2.61. The number of aromatic nitrogens is 1. The van der Waals surface area contributed by atoms with Gasteiger partial charge in [0.15, 0.2) is 11.6 Å². The predicted octanol–water partition coefficient (Wildman–Crippen LogP) is 2.01. The molecule has 1 saturated heterocycles. The van der Waals surface area contributed by atoms with E-state index in [1.807, 2.05) is 6.92 Å². The molecule has 7 nitrogen and oxygen atoms in total. The number of rotatable bonds is 2. The highest BCUT2D eigenvalue weighted by Crippen LogP contribution is 2.43. The molecular weight excluding hydrogens is 355 g/mol. The van der Waals surface area contributed by atoms with Gasteiger partial charge in [-0.25, -0.2) is 9.18 Å². The van der Waals surface area contributed by atoms with E-state index in [1.165, 1.54) is 6.20 Å². The van der Waals surface area contributed by atoms with E-state index in [0.717, 1.165) is 0 Å². The van der Waals surface area contributed by atoms with E-state index < -0.39 is 34.6 Å². The molecule has 2 aliphatic rings. The number of phenolic OH excluding ortho intramolecular Hbond substituents is 1. The Bertz CT molecular complexity index is 1010. The second-order valence-electron chi connectivity index (χ2n) is 7.40. The number of nitrogens with zero attached hydrogens (tertiary/aromatic N) is 2. The van der Waals surface area contributed by atoms with Crippen molar-refractivity contribution in [3.8, 4) is 5.75 Å². The van der Waals surface area contributed by atoms with Crippen LogP contribution < -0.4 is 10.3 Å². The number of benzene rings is 1. The summed E-state index contributed by atoms with van der Waals surface area (Å²) in [5.41, 5.74) is -0.0745. The fourth-order valence-electron chi connectivity index (χ4n) is 4.27. The lowest BCUT2D eigenvalue weighted by molar-refractivity contribution is 0.0694. The van der Waals surface area contributed by atoms with Gasteiger partial charge in [-0.05, 0) is 32.6 Å². The quantitative estimate of drug-likeness (QED) is 0.741. The molecule has 0 aliphatic carbocycles. The summed E-state index contributed by atoms with van der Waals surface area (Å²) in [6, 6.07) is -0.0837. The Morgan fingerprint density at radius 1 is 1.26 bits per heavy atom. The van der Waals surface area contributed by atoms with Crippen molar-refractivity contribution in [2.75, 3.05) is 18.0 Å². The van der Waals surface area contributed by atoms with Gasteiger partial charge in [0, 0.05) is 30.9 Å². The Balaban J connectivity index is 2.07. The lowest BCUT2D eigenvalue weighted by atomic mass is 9.92. The van der Waals surface area contributed by atoms with Gasteiger partial charge in [0.1, 0.15) is 5.56 Å². The van der Waals surface area contributed by atoms with Crippen LogP contribution in [0.4, 0.5) is 10.1 Å². The summed E-state index contributed by atoms with van der Waals surface area (Å²) in [6.45, 7) is 2.79. The predicted molar refractivity (Wildman–Crippen MR) is 97.3 cm³/mol. The van der Waals surface area contributed by atoms with Gasteiger partial charge in [-0.2, -0.15) is 0 Å². The van der Waals surface area contributed by atoms with E-state index in [1.54, 1.807) is 9.47 Å². The average Bonchev–Trinajstić information content (AvgIpc) is 2.63. The van der Waals surface area contributed by atoms with Crippen LogP contribution >= 0.6 is 0 Å². The second kappa shape index (κ2) is 6.23. The number of aryl methyl sites for hydroxylation is 1. The average molecular weight is 376 g/mol. The van der Waals surface area contributed by atoms with Crippen molar-refractivity contribution in [3.63, 3.8) is 0 Å². The molecule has 1 aromatic carbocycles. The monoisotopic (exact) mass is 376 g/mol. The molecule has 0 amide bonds. The maximum Gasteiger partial charge on any atom is 0.341 e. The molecule has 3 N–H and O–H groups in total. The fraction of sp³-hybridized carbons (Fsp3) is 0.474. The van der Waals surface area contributed by atoms with E-state index in [4.69, 9.17) is 0 Å². The van der Waals surface area contributed by atoms with Crippen molar-refractivity contribution in [2.24, 2.45) is 0 Å². The standard InChI is InChI=1S/C19H21FN2O5/c1-9-2-3-11-15-13(17(24)12(19(26)27)8-22(9)15)18(25)14(20)16(11)21-6-4-10(23)5-7-21/h8-10,23,25H,2-7H2,1H3,(H,26,27). The Morgan fingerprint density at radius 2 is 1.93 bits per heavy atom. The maximum absolute atomic E-state index is 15.2. The van der Waals surface area contributed by atoms with E-state index in [9.17, 15) is 24.9 Å². The molecule has 1 fully saturated rings. The first-order valence-corrected chi connectivity index (χ1v) is 9.09. The van der Waals surface area contributed by atoms with E-state index >= 15 is 4.39 Å². The van der Waals surface area contributed by atoms with Crippen LogP contribution in [0.3, 0.4) is 0 Å². The fourth-order valence-corrected chi connectivity index (χ4v) is 4.27. The number of phenols is 1. The Morgan fingerprint density at radius 3 is 2.56 bits per heavy atom. The first-order valence-electron chi connectivity index (χ1n) is 9.09. The van der Waals surface area contributed by atoms with E-state index in [2.05, 4.69) is 0 Å². The van der Waals surface area contributed by atoms with Crippen molar-refractivity contribution in [1.82, 2.24) is 4.57 Å². The van der Waals surface area contributed by atoms with Gasteiger partial charge < -0.3 is 24.8 Å². The number of carboxylic acid groups (broad SMARTS) is 1. The van der Waals surface area contributed by atoms with Crippen LogP contribution in [0.5, 0.6) is 5.75 Å². The number of aromatic carboxylic acids is 1. The van der Waals surface area contributed by atoms with Crippen LogP contribution in [0.2, 0.25) is 0 Å². The highest BCUT2D eigenvalue weighted by atomic mass is 19.1. The molecule has 8 heteroatoms. The topological polar surface area (TPSA) is 103 Å². The van der Waals surface area contributed by atoms with Crippen LogP contribution in [0, 0.1) is 5.82 Å². The molecule has 0 bridgehead atoms. The minimum Gasteiger partial charge on any atom is -0.504 e. The molecule has 0 saturated carbocycles. The van der Waals surface area contributed by atoms with Gasteiger partial charge >= 0.3 is 5.97 Å². The number of pyridine rings is 1. The number of hydrogen-bond donors (Lipinski definition) is 3. The molecular formula is C19H21FN2O5. The number of aliphatic hydroxyl groups excluding tert-OH is 1. The number of anilines is 1. The SMILES string of the molecule is CC1CCc2c(N3CCC(O)CC3)c(F)c(O)c3c(=O)c(C(=O)O)cn1c23. The van der Waals surface area contributed by atoms with Crippen LogP contribution in [0.1, 0.15) is 48.1 Å². The van der Waals surface area contributed by atoms with E-state index in [0.29, 0.717) is 49.9 Å². The number of hydrogen-bond acceptors (Lipinski definition) is 5. The minimum absolute atomic E-state index is 0.0837. The van der Waals surface area contributed by atoms with Gasteiger partial charge in [0.05, 0.1) is 22.7 Å². The first kappa shape index (κ1) is 17.8. The van der Waals surface area contributed by atoms with Crippen LogP contribution in [-0.4, -0.2) is 45.0 Å². The smallest absolute Gasteiger partial charge is 0.341 e.